The van der Waals surface area contributed by atoms with Gasteiger partial charge >= 0.3 is 0 Å². The van der Waals surface area contributed by atoms with E-state index in [1.54, 1.807) is 6.08 Å². The Balaban J connectivity index is 1.59. The van der Waals surface area contributed by atoms with Crippen molar-refractivity contribution < 1.29 is 64.6 Å². The normalized spacial score (nSPS) is 24.1. The van der Waals surface area contributed by atoms with Crippen molar-refractivity contribution in [2.75, 3.05) is 19.8 Å². The second-order valence-corrected chi connectivity index (χ2v) is 24.3. The molecule has 482 valence electrons. The van der Waals surface area contributed by atoms with Crippen molar-refractivity contribution in [1.82, 2.24) is 5.32 Å². The van der Waals surface area contributed by atoms with Gasteiger partial charge in [0.2, 0.25) is 5.91 Å². The number of rotatable bonds is 56. The molecule has 82 heavy (non-hydrogen) atoms. The molecule has 2 saturated heterocycles. The second kappa shape index (κ2) is 53.4. The van der Waals surface area contributed by atoms with E-state index < -0.39 is 86.8 Å². The van der Waals surface area contributed by atoms with Crippen LogP contribution in [0, 0.1) is 0 Å². The zero-order chi connectivity index (χ0) is 59.5. The zero-order valence-corrected chi connectivity index (χ0v) is 52.2. The lowest BCUT2D eigenvalue weighted by Crippen LogP contribution is -2.65. The van der Waals surface area contributed by atoms with Gasteiger partial charge in [-0.1, -0.05) is 269 Å². The number of carbonyl (C=O) groups excluding carboxylic acids is 1. The molecule has 0 aromatic carbocycles. The Morgan fingerprint density at radius 1 is 0.427 bits per heavy atom. The molecule has 0 aromatic rings. The van der Waals surface area contributed by atoms with Gasteiger partial charge in [-0.25, -0.2) is 0 Å². The van der Waals surface area contributed by atoms with E-state index >= 15 is 0 Å². The molecule has 0 spiro atoms. The second-order valence-electron chi connectivity index (χ2n) is 24.3. The minimum Gasteiger partial charge on any atom is -0.394 e. The molecule has 2 aliphatic heterocycles. The van der Waals surface area contributed by atoms with Crippen LogP contribution in [0.25, 0.3) is 0 Å². The highest BCUT2D eigenvalue weighted by Gasteiger charge is 2.51. The first-order chi connectivity index (χ1) is 40.1. The molecule has 0 aromatic heterocycles. The molecule has 12 unspecified atom stereocenters. The van der Waals surface area contributed by atoms with Gasteiger partial charge in [-0.15, -0.1) is 0 Å². The molecule has 14 heteroatoms. The predicted molar refractivity (Wildman–Crippen MR) is 332 cm³/mol. The number of allylic oxidation sites excluding steroid dienone is 5. The van der Waals surface area contributed by atoms with Crippen LogP contribution in [0.3, 0.4) is 0 Å². The van der Waals surface area contributed by atoms with Crippen molar-refractivity contribution in [2.24, 2.45) is 0 Å². The van der Waals surface area contributed by atoms with Crippen LogP contribution in [0.1, 0.15) is 296 Å². The standard InChI is InChI=1S/C68H127NO13/c1-3-5-7-9-11-13-15-17-18-19-20-21-22-23-24-25-26-27-28-29-30-31-32-33-34-35-36-37-38-40-42-44-46-48-50-52-60(73)69-56(57(72)51-49-47-45-43-41-39-16-14-12-10-8-6-4-2)55-79-67-65(78)63(76)66(59(54-71)81-67)82-68-64(77)62(75)61(74)58(53-70)80-68/h19-20,41,43,49,51,56-59,61-68,70-72,74-78H,3-18,21-40,42,44-48,50,52-55H2,1-2H3,(H,69,73)/b20-19-,43-41+,51-49+. The van der Waals surface area contributed by atoms with Gasteiger partial charge in [0, 0.05) is 6.42 Å². The average Bonchev–Trinajstić information content (AvgIpc) is 3.67. The summed E-state index contributed by atoms with van der Waals surface area (Å²) in [5.41, 5.74) is 0. The predicted octanol–water partition coefficient (Wildman–Crippen LogP) is 13.3. The Morgan fingerprint density at radius 3 is 1.20 bits per heavy atom. The summed E-state index contributed by atoms with van der Waals surface area (Å²) < 4.78 is 22.8. The molecule has 0 aliphatic carbocycles. The van der Waals surface area contributed by atoms with Crippen LogP contribution >= 0.6 is 0 Å². The van der Waals surface area contributed by atoms with Gasteiger partial charge in [-0.05, 0) is 57.8 Å². The first-order valence-electron chi connectivity index (χ1n) is 34.2. The smallest absolute Gasteiger partial charge is 0.220 e. The largest absolute Gasteiger partial charge is 0.394 e. The first-order valence-corrected chi connectivity index (χ1v) is 34.2. The lowest BCUT2D eigenvalue weighted by Gasteiger charge is -2.46. The highest BCUT2D eigenvalue weighted by atomic mass is 16.7. The highest BCUT2D eigenvalue weighted by Crippen LogP contribution is 2.30. The molecule has 2 heterocycles. The quantitative estimate of drug-likeness (QED) is 0.0204. The Kier molecular flexibility index (Phi) is 49.7. The lowest BCUT2D eigenvalue weighted by molar-refractivity contribution is -0.359. The number of carbonyl (C=O) groups is 1. The average molecular weight is 1170 g/mol. The molecular formula is C68H127NO13. The maximum atomic E-state index is 13.3. The van der Waals surface area contributed by atoms with Crippen LogP contribution in [0.2, 0.25) is 0 Å². The van der Waals surface area contributed by atoms with E-state index in [0.717, 1.165) is 32.1 Å². The summed E-state index contributed by atoms with van der Waals surface area (Å²) in [5.74, 6) is -0.245. The molecule has 1 amide bonds. The molecule has 14 nitrogen and oxygen atoms in total. The Morgan fingerprint density at radius 2 is 0.780 bits per heavy atom. The molecule has 0 radical (unpaired) electrons. The zero-order valence-electron chi connectivity index (χ0n) is 52.2. The van der Waals surface area contributed by atoms with Gasteiger partial charge in [-0.2, -0.15) is 0 Å². The highest BCUT2D eigenvalue weighted by molar-refractivity contribution is 5.76. The summed E-state index contributed by atoms with van der Waals surface area (Å²) >= 11 is 0. The van der Waals surface area contributed by atoms with E-state index in [9.17, 15) is 45.6 Å². The number of hydrogen-bond donors (Lipinski definition) is 9. The van der Waals surface area contributed by atoms with Crippen molar-refractivity contribution >= 4 is 5.91 Å². The molecular weight excluding hydrogens is 1040 g/mol. The summed E-state index contributed by atoms with van der Waals surface area (Å²) in [6, 6.07) is -0.929. The van der Waals surface area contributed by atoms with Crippen LogP contribution in [0.4, 0.5) is 0 Å². The number of unbranched alkanes of at least 4 members (excludes halogenated alkanes) is 39. The number of ether oxygens (including phenoxy) is 4. The van der Waals surface area contributed by atoms with Crippen molar-refractivity contribution in [3.63, 3.8) is 0 Å². The van der Waals surface area contributed by atoms with E-state index in [2.05, 4.69) is 43.5 Å². The fourth-order valence-electron chi connectivity index (χ4n) is 11.3. The van der Waals surface area contributed by atoms with E-state index in [-0.39, 0.29) is 18.9 Å². The number of aliphatic hydroxyl groups is 8. The Bertz CT molecular complexity index is 1510. The van der Waals surface area contributed by atoms with Crippen LogP contribution in [0.15, 0.2) is 36.5 Å². The molecule has 2 fully saturated rings. The number of hydrogen-bond acceptors (Lipinski definition) is 13. The molecule has 12 atom stereocenters. The van der Waals surface area contributed by atoms with E-state index in [1.165, 1.54) is 231 Å². The van der Waals surface area contributed by atoms with Crippen molar-refractivity contribution in [3.05, 3.63) is 36.5 Å². The number of nitrogens with one attached hydrogen (secondary N) is 1. The van der Waals surface area contributed by atoms with E-state index in [1.807, 2.05) is 6.08 Å². The number of aliphatic hydroxyl groups excluding tert-OH is 8. The van der Waals surface area contributed by atoms with Gasteiger partial charge in [0.1, 0.15) is 48.8 Å². The lowest BCUT2D eigenvalue weighted by atomic mass is 9.97. The first kappa shape index (κ1) is 76.3. The van der Waals surface area contributed by atoms with Crippen LogP contribution < -0.4 is 5.32 Å². The molecule has 2 rings (SSSR count). The fourth-order valence-corrected chi connectivity index (χ4v) is 11.3. The third-order valence-electron chi connectivity index (χ3n) is 16.8. The molecule has 0 bridgehead atoms. The fraction of sp³-hybridized carbons (Fsp3) is 0.897. The maximum absolute atomic E-state index is 13.3. The van der Waals surface area contributed by atoms with Gasteiger partial charge in [-0.3, -0.25) is 4.79 Å². The topological polar surface area (TPSA) is 228 Å². The van der Waals surface area contributed by atoms with Crippen molar-refractivity contribution in [3.8, 4) is 0 Å². The molecule has 9 N–H and O–H groups in total. The minimum absolute atomic E-state index is 0.245. The number of amides is 1. The van der Waals surface area contributed by atoms with Gasteiger partial charge in [0.15, 0.2) is 12.6 Å². The summed E-state index contributed by atoms with van der Waals surface area (Å²) in [6.07, 6.45) is 50.9. The minimum atomic E-state index is -1.79. The van der Waals surface area contributed by atoms with Crippen molar-refractivity contribution in [2.45, 2.75) is 370 Å². The third-order valence-corrected chi connectivity index (χ3v) is 16.8. The summed E-state index contributed by atoms with van der Waals surface area (Å²) in [7, 11) is 0. The van der Waals surface area contributed by atoms with E-state index in [0.29, 0.717) is 12.8 Å². The van der Waals surface area contributed by atoms with Crippen LogP contribution in [-0.4, -0.2) is 140 Å². The van der Waals surface area contributed by atoms with Gasteiger partial charge in [0.05, 0.1) is 32.0 Å². The van der Waals surface area contributed by atoms with Crippen molar-refractivity contribution in [1.29, 1.82) is 0 Å². The Hall–Kier alpha value is -1.79. The van der Waals surface area contributed by atoms with Crippen LogP contribution in [0.5, 0.6) is 0 Å². The summed E-state index contributed by atoms with van der Waals surface area (Å²) in [5, 5.41) is 87.1. The summed E-state index contributed by atoms with van der Waals surface area (Å²) in [4.78, 5) is 13.3. The Labute approximate surface area is 500 Å². The maximum Gasteiger partial charge on any atom is 0.220 e. The monoisotopic (exact) mass is 1170 g/mol. The molecule has 0 saturated carbocycles. The van der Waals surface area contributed by atoms with E-state index in [4.69, 9.17) is 18.9 Å². The third kappa shape index (κ3) is 37.7. The molecule has 2 aliphatic rings. The van der Waals surface area contributed by atoms with Gasteiger partial charge < -0.3 is 65.1 Å². The van der Waals surface area contributed by atoms with Crippen LogP contribution in [-0.2, 0) is 23.7 Å². The SMILES string of the molecule is CCCCCCCCC/C=C/CC/C=C/C(O)C(COC1OC(CO)C(OC2OC(CO)C(O)C(O)C2O)C(O)C1O)NC(=O)CCCCCCCCCCCCCCCCCCCCCCCCC/C=C\CCCCCCCCCC. The summed E-state index contributed by atoms with van der Waals surface area (Å²) in [6.45, 7) is 2.79. The van der Waals surface area contributed by atoms with Gasteiger partial charge in [0.25, 0.3) is 0 Å².